The average molecular weight is 322 g/mol. The Morgan fingerprint density at radius 3 is 2.68 bits per heavy atom. The summed E-state index contributed by atoms with van der Waals surface area (Å²) in [4.78, 5) is 31.6. The molecule has 0 bridgehead atoms. The molecule has 1 unspecified atom stereocenters. The van der Waals surface area contributed by atoms with Gasteiger partial charge in [-0.3, -0.25) is 9.59 Å². The van der Waals surface area contributed by atoms with Gasteiger partial charge in [-0.15, -0.1) is 11.3 Å². The smallest absolute Gasteiger partial charge is 0.311 e. The highest BCUT2D eigenvalue weighted by molar-refractivity contribution is 7.11. The first-order chi connectivity index (χ1) is 10.5. The molecule has 120 valence electrons. The van der Waals surface area contributed by atoms with Crippen molar-refractivity contribution in [2.45, 2.75) is 46.1 Å². The third-order valence-electron chi connectivity index (χ3n) is 4.34. The van der Waals surface area contributed by atoms with Crippen molar-refractivity contribution in [1.82, 2.24) is 9.88 Å². The van der Waals surface area contributed by atoms with Gasteiger partial charge in [0.05, 0.1) is 21.5 Å². The highest BCUT2D eigenvalue weighted by Crippen LogP contribution is 2.32. The molecule has 1 amide bonds. The van der Waals surface area contributed by atoms with Gasteiger partial charge in [0.25, 0.3) is 0 Å². The monoisotopic (exact) mass is 322 g/mol. The van der Waals surface area contributed by atoms with Crippen molar-refractivity contribution in [3.8, 4) is 0 Å². The van der Waals surface area contributed by atoms with Crippen molar-refractivity contribution in [3.63, 3.8) is 0 Å². The lowest BCUT2D eigenvalue weighted by Crippen LogP contribution is -2.43. The maximum absolute atomic E-state index is 12.3. The number of amides is 1. The van der Waals surface area contributed by atoms with Crippen molar-refractivity contribution in [2.24, 2.45) is 11.8 Å². The van der Waals surface area contributed by atoms with Gasteiger partial charge in [0.1, 0.15) is 6.61 Å². The third kappa shape index (κ3) is 3.48. The number of esters is 1. The highest BCUT2D eigenvalue weighted by atomic mass is 32.1. The molecule has 0 radical (unpaired) electrons. The number of piperidine rings is 1. The lowest BCUT2D eigenvalue weighted by Gasteiger charge is -2.31. The number of carbonyl (C=O) groups is 2. The fourth-order valence-corrected chi connectivity index (χ4v) is 3.77. The van der Waals surface area contributed by atoms with Crippen LogP contribution in [0.3, 0.4) is 0 Å². The molecule has 2 aliphatic rings. The van der Waals surface area contributed by atoms with E-state index >= 15 is 0 Å². The molecule has 1 aromatic heterocycles. The van der Waals surface area contributed by atoms with Crippen LogP contribution in [0.15, 0.2) is 0 Å². The fraction of sp³-hybridized carbons (Fsp3) is 0.688. The number of carbonyl (C=O) groups excluding carboxylic acids is 2. The largest absolute Gasteiger partial charge is 0.460 e. The number of aromatic nitrogens is 1. The van der Waals surface area contributed by atoms with E-state index in [4.69, 9.17) is 4.74 Å². The molecule has 1 aromatic rings. The number of rotatable bonds is 4. The zero-order valence-corrected chi connectivity index (χ0v) is 13.9. The summed E-state index contributed by atoms with van der Waals surface area (Å²) >= 11 is 1.57. The zero-order valence-electron chi connectivity index (χ0n) is 13.1. The van der Waals surface area contributed by atoms with Crippen molar-refractivity contribution >= 4 is 23.2 Å². The van der Waals surface area contributed by atoms with Gasteiger partial charge in [-0.2, -0.15) is 0 Å². The molecule has 2 heterocycles. The van der Waals surface area contributed by atoms with E-state index < -0.39 is 0 Å². The quantitative estimate of drug-likeness (QED) is 0.799. The maximum atomic E-state index is 12.3. The lowest BCUT2D eigenvalue weighted by molar-refractivity contribution is -0.153. The van der Waals surface area contributed by atoms with Crippen LogP contribution in [0.2, 0.25) is 0 Å². The summed E-state index contributed by atoms with van der Waals surface area (Å²) in [5.41, 5.74) is 0.935. The average Bonchev–Trinajstić information content (AvgIpc) is 3.30. The third-order valence-corrected chi connectivity index (χ3v) is 5.38. The Hall–Kier alpha value is -1.43. The van der Waals surface area contributed by atoms with Crippen LogP contribution >= 0.6 is 11.3 Å². The molecular formula is C16H22N2O3S. The number of hydrogen-bond acceptors (Lipinski definition) is 5. The van der Waals surface area contributed by atoms with Crippen LogP contribution in [0.25, 0.3) is 0 Å². The number of hydrogen-bond donors (Lipinski definition) is 0. The Labute approximate surface area is 134 Å². The minimum atomic E-state index is -0.182. The Morgan fingerprint density at radius 2 is 2.05 bits per heavy atom. The molecular weight excluding hydrogens is 300 g/mol. The normalized spacial score (nSPS) is 21.7. The van der Waals surface area contributed by atoms with Crippen LogP contribution in [-0.4, -0.2) is 34.8 Å². The Bertz CT molecular complexity index is 580. The first-order valence-electron chi connectivity index (χ1n) is 7.93. The summed E-state index contributed by atoms with van der Waals surface area (Å²) in [7, 11) is 0. The van der Waals surface area contributed by atoms with Gasteiger partial charge in [-0.25, -0.2) is 4.98 Å². The van der Waals surface area contributed by atoms with Gasteiger partial charge < -0.3 is 9.64 Å². The van der Waals surface area contributed by atoms with E-state index in [2.05, 4.69) is 4.98 Å². The Kier molecular flexibility index (Phi) is 4.47. The lowest BCUT2D eigenvalue weighted by atomic mass is 9.98. The van der Waals surface area contributed by atoms with Crippen LogP contribution in [0.5, 0.6) is 0 Å². The first-order valence-corrected chi connectivity index (χ1v) is 8.74. The van der Waals surface area contributed by atoms with E-state index in [0.29, 0.717) is 13.2 Å². The van der Waals surface area contributed by atoms with E-state index in [9.17, 15) is 9.59 Å². The topological polar surface area (TPSA) is 59.5 Å². The zero-order chi connectivity index (χ0) is 15.7. The molecule has 0 N–H and O–H groups in total. The summed E-state index contributed by atoms with van der Waals surface area (Å²) < 4.78 is 5.46. The summed E-state index contributed by atoms with van der Waals surface area (Å²) in [6.45, 7) is 5.49. The van der Waals surface area contributed by atoms with E-state index in [1.54, 1.807) is 11.3 Å². The number of likely N-dealkylation sites (tertiary alicyclic amines) is 1. The first kappa shape index (κ1) is 15.5. The summed E-state index contributed by atoms with van der Waals surface area (Å²) in [6, 6.07) is 0. The Morgan fingerprint density at radius 1 is 1.27 bits per heavy atom. The molecule has 1 aliphatic carbocycles. The number of nitrogens with zero attached hydrogens (tertiary/aromatic N) is 2. The van der Waals surface area contributed by atoms with E-state index in [1.165, 1.54) is 0 Å². The molecule has 22 heavy (non-hydrogen) atoms. The molecule has 1 saturated carbocycles. The van der Waals surface area contributed by atoms with Crippen molar-refractivity contribution in [3.05, 3.63) is 15.6 Å². The van der Waals surface area contributed by atoms with E-state index in [0.717, 1.165) is 47.8 Å². The fourth-order valence-electron chi connectivity index (χ4n) is 2.92. The molecule has 0 spiro atoms. The van der Waals surface area contributed by atoms with Gasteiger partial charge >= 0.3 is 5.97 Å². The van der Waals surface area contributed by atoms with E-state index in [-0.39, 0.29) is 23.7 Å². The molecule has 1 atom stereocenters. The molecule has 3 rings (SSSR count). The van der Waals surface area contributed by atoms with Crippen LogP contribution in [0, 0.1) is 25.7 Å². The second-order valence-electron chi connectivity index (χ2n) is 6.25. The molecule has 5 nitrogen and oxygen atoms in total. The summed E-state index contributed by atoms with van der Waals surface area (Å²) in [6.07, 6.45) is 3.72. The standard InChI is InChI=1S/C16H22N2O3S/c1-10-14(22-11(2)17-10)9-21-16(20)13-4-3-7-18(8-13)15(19)12-5-6-12/h12-13H,3-9H2,1-2H3. The van der Waals surface area contributed by atoms with Gasteiger partial charge in [0, 0.05) is 19.0 Å². The van der Waals surface area contributed by atoms with Crippen LogP contribution in [0.1, 0.15) is 41.3 Å². The maximum Gasteiger partial charge on any atom is 0.311 e. The number of thiazole rings is 1. The van der Waals surface area contributed by atoms with Crippen molar-refractivity contribution in [2.75, 3.05) is 13.1 Å². The van der Waals surface area contributed by atoms with Crippen LogP contribution in [-0.2, 0) is 20.9 Å². The predicted octanol–water partition coefficient (Wildman–Crippen LogP) is 2.45. The van der Waals surface area contributed by atoms with Gasteiger partial charge in [-0.1, -0.05) is 0 Å². The minimum Gasteiger partial charge on any atom is -0.460 e. The van der Waals surface area contributed by atoms with E-state index in [1.807, 2.05) is 18.7 Å². The number of aryl methyl sites for hydroxylation is 2. The van der Waals surface area contributed by atoms with Gasteiger partial charge in [-0.05, 0) is 39.5 Å². The van der Waals surface area contributed by atoms with Crippen LogP contribution < -0.4 is 0 Å². The Balaban J connectivity index is 1.53. The van der Waals surface area contributed by atoms with Crippen molar-refractivity contribution in [1.29, 1.82) is 0 Å². The molecule has 1 aliphatic heterocycles. The van der Waals surface area contributed by atoms with Crippen LogP contribution in [0.4, 0.5) is 0 Å². The van der Waals surface area contributed by atoms with Gasteiger partial charge in [0.15, 0.2) is 0 Å². The predicted molar refractivity (Wildman–Crippen MR) is 83.4 cm³/mol. The summed E-state index contributed by atoms with van der Waals surface area (Å²) in [5.74, 6) is 0.0912. The van der Waals surface area contributed by atoms with Crippen molar-refractivity contribution < 1.29 is 14.3 Å². The minimum absolute atomic E-state index is 0.175. The molecule has 0 aromatic carbocycles. The SMILES string of the molecule is Cc1nc(C)c(COC(=O)C2CCCN(C(=O)C3CC3)C2)s1. The number of ether oxygens (including phenoxy) is 1. The second kappa shape index (κ2) is 6.36. The molecule has 1 saturated heterocycles. The molecule has 6 heteroatoms. The highest BCUT2D eigenvalue weighted by Gasteiger charge is 2.37. The summed E-state index contributed by atoms with van der Waals surface area (Å²) in [5, 5.41) is 0.988. The molecule has 2 fully saturated rings. The second-order valence-corrected chi connectivity index (χ2v) is 7.53. The van der Waals surface area contributed by atoms with Gasteiger partial charge in [0.2, 0.25) is 5.91 Å².